The lowest BCUT2D eigenvalue weighted by Gasteiger charge is -2.45. The van der Waals surface area contributed by atoms with Crippen LogP contribution in [0.5, 0.6) is 0 Å². The number of halogens is 1. The summed E-state index contributed by atoms with van der Waals surface area (Å²) in [7, 11) is 0. The van der Waals surface area contributed by atoms with Crippen molar-refractivity contribution in [3.8, 4) is 0 Å². The van der Waals surface area contributed by atoms with Crippen LogP contribution < -0.4 is 5.32 Å². The number of nitrogens with one attached hydrogen (secondary N) is 1. The van der Waals surface area contributed by atoms with Crippen LogP contribution in [0.4, 0.5) is 0 Å². The van der Waals surface area contributed by atoms with Crippen LogP contribution in [-0.4, -0.2) is 30.1 Å². The summed E-state index contributed by atoms with van der Waals surface area (Å²) in [5.74, 6) is 0.915. The van der Waals surface area contributed by atoms with Crippen LogP contribution in [0.3, 0.4) is 0 Å². The molecule has 0 bridgehead atoms. The Bertz CT molecular complexity index is 402. The fourth-order valence-electron chi connectivity index (χ4n) is 2.91. The van der Waals surface area contributed by atoms with E-state index in [-0.39, 0.29) is 0 Å². The Morgan fingerprint density at radius 2 is 2.41 bits per heavy atom. The van der Waals surface area contributed by atoms with E-state index in [1.807, 2.05) is 11.3 Å². The van der Waals surface area contributed by atoms with Gasteiger partial charge in [-0.15, -0.1) is 11.3 Å². The zero-order valence-electron chi connectivity index (χ0n) is 10.2. The second kappa shape index (κ2) is 4.65. The van der Waals surface area contributed by atoms with Crippen molar-refractivity contribution in [1.29, 1.82) is 0 Å². The Balaban J connectivity index is 1.75. The van der Waals surface area contributed by atoms with Crippen LogP contribution in [0.1, 0.15) is 24.6 Å². The van der Waals surface area contributed by atoms with E-state index in [4.69, 9.17) is 0 Å². The van der Waals surface area contributed by atoms with Crippen molar-refractivity contribution in [2.24, 2.45) is 5.92 Å². The second-order valence-electron chi connectivity index (χ2n) is 5.46. The van der Waals surface area contributed by atoms with E-state index in [0.717, 1.165) is 25.6 Å². The summed E-state index contributed by atoms with van der Waals surface area (Å²) in [5, 5.41) is 5.76. The molecule has 17 heavy (non-hydrogen) atoms. The Hall–Kier alpha value is 0.1000. The van der Waals surface area contributed by atoms with Crippen LogP contribution in [0.25, 0.3) is 0 Å². The summed E-state index contributed by atoms with van der Waals surface area (Å²) in [6.45, 7) is 7.03. The molecule has 0 amide bonds. The van der Waals surface area contributed by atoms with Crippen molar-refractivity contribution in [3.05, 3.63) is 20.8 Å². The molecule has 2 nitrogen and oxygen atoms in total. The van der Waals surface area contributed by atoms with E-state index < -0.39 is 0 Å². The predicted molar refractivity (Wildman–Crippen MR) is 76.4 cm³/mol. The first-order chi connectivity index (χ1) is 8.18. The summed E-state index contributed by atoms with van der Waals surface area (Å²) >= 11 is 5.41. The molecule has 1 aliphatic heterocycles. The standard InChI is InChI=1S/C13H19BrN2S/c1-13(10-2-3-10)9-15-4-5-16(13)7-12-6-11(14)8-17-12/h6,8,10,15H,2-5,7,9H2,1H3. The fourth-order valence-corrected chi connectivity index (χ4v) is 4.38. The van der Waals surface area contributed by atoms with Crippen molar-refractivity contribution in [2.45, 2.75) is 31.8 Å². The molecule has 94 valence electrons. The highest BCUT2D eigenvalue weighted by molar-refractivity contribution is 9.10. The summed E-state index contributed by atoms with van der Waals surface area (Å²) in [5.41, 5.74) is 0.384. The molecule has 2 aliphatic rings. The normalized spacial score (nSPS) is 30.7. The monoisotopic (exact) mass is 314 g/mol. The molecule has 1 aromatic heterocycles. The van der Waals surface area contributed by atoms with Gasteiger partial charge >= 0.3 is 0 Å². The third-order valence-corrected chi connectivity index (χ3v) is 5.87. The van der Waals surface area contributed by atoms with Crippen LogP contribution in [0.15, 0.2) is 15.9 Å². The lowest BCUT2D eigenvalue weighted by atomic mass is 9.91. The quantitative estimate of drug-likeness (QED) is 0.922. The number of hydrogen-bond acceptors (Lipinski definition) is 3. The lowest BCUT2D eigenvalue weighted by Crippen LogP contribution is -2.60. The van der Waals surface area contributed by atoms with Crippen molar-refractivity contribution in [2.75, 3.05) is 19.6 Å². The van der Waals surface area contributed by atoms with Gasteiger partial charge in [-0.25, -0.2) is 0 Å². The fraction of sp³-hybridized carbons (Fsp3) is 0.692. The van der Waals surface area contributed by atoms with E-state index in [9.17, 15) is 0 Å². The van der Waals surface area contributed by atoms with E-state index in [1.54, 1.807) is 0 Å². The summed E-state index contributed by atoms with van der Waals surface area (Å²) in [4.78, 5) is 4.17. The maximum absolute atomic E-state index is 3.57. The van der Waals surface area contributed by atoms with Gasteiger partial charge in [-0.2, -0.15) is 0 Å². The molecule has 2 heterocycles. The second-order valence-corrected chi connectivity index (χ2v) is 7.37. The Morgan fingerprint density at radius 1 is 1.59 bits per heavy atom. The van der Waals surface area contributed by atoms with E-state index in [2.05, 4.69) is 44.5 Å². The van der Waals surface area contributed by atoms with Crippen LogP contribution in [0.2, 0.25) is 0 Å². The molecule has 1 aliphatic carbocycles. The van der Waals surface area contributed by atoms with Gasteiger partial charge in [0.05, 0.1) is 0 Å². The lowest BCUT2D eigenvalue weighted by molar-refractivity contribution is 0.0494. The smallest absolute Gasteiger partial charge is 0.0338 e. The number of hydrogen-bond donors (Lipinski definition) is 1. The molecule has 1 unspecified atom stereocenters. The van der Waals surface area contributed by atoms with Crippen LogP contribution >= 0.6 is 27.3 Å². The van der Waals surface area contributed by atoms with Gasteiger partial charge in [-0.05, 0) is 47.7 Å². The van der Waals surface area contributed by atoms with Gasteiger partial charge in [0, 0.05) is 46.4 Å². The van der Waals surface area contributed by atoms with Crippen molar-refractivity contribution in [3.63, 3.8) is 0 Å². The highest BCUT2D eigenvalue weighted by Gasteiger charge is 2.46. The van der Waals surface area contributed by atoms with Crippen LogP contribution in [-0.2, 0) is 6.54 Å². The first-order valence-corrected chi connectivity index (χ1v) is 8.04. The molecule has 1 N–H and O–H groups in total. The maximum Gasteiger partial charge on any atom is 0.0338 e. The Morgan fingerprint density at radius 3 is 3.06 bits per heavy atom. The van der Waals surface area contributed by atoms with E-state index in [1.165, 1.54) is 28.7 Å². The van der Waals surface area contributed by atoms with Crippen molar-refractivity contribution < 1.29 is 0 Å². The topological polar surface area (TPSA) is 15.3 Å². The first-order valence-electron chi connectivity index (χ1n) is 6.37. The number of thiophene rings is 1. The molecule has 4 heteroatoms. The van der Waals surface area contributed by atoms with Crippen molar-refractivity contribution >= 4 is 27.3 Å². The molecule has 1 aromatic rings. The molecule has 0 aromatic carbocycles. The minimum Gasteiger partial charge on any atom is -0.314 e. The molecule has 1 saturated heterocycles. The zero-order valence-corrected chi connectivity index (χ0v) is 12.6. The molecular formula is C13H19BrN2S. The van der Waals surface area contributed by atoms with Gasteiger partial charge in [0.15, 0.2) is 0 Å². The van der Waals surface area contributed by atoms with Gasteiger partial charge in [-0.1, -0.05) is 0 Å². The minimum absolute atomic E-state index is 0.384. The Labute approximate surface area is 116 Å². The SMILES string of the molecule is CC1(C2CC2)CNCCN1Cc1cc(Br)cs1. The minimum atomic E-state index is 0.384. The van der Waals surface area contributed by atoms with Gasteiger partial charge in [-0.3, -0.25) is 4.90 Å². The number of rotatable bonds is 3. The molecule has 3 rings (SSSR count). The average molecular weight is 315 g/mol. The van der Waals surface area contributed by atoms with Gasteiger partial charge < -0.3 is 5.32 Å². The van der Waals surface area contributed by atoms with Gasteiger partial charge in [0.2, 0.25) is 0 Å². The molecule has 1 atom stereocenters. The molecule has 2 fully saturated rings. The molecular weight excluding hydrogens is 296 g/mol. The summed E-state index contributed by atoms with van der Waals surface area (Å²) < 4.78 is 1.22. The molecule has 0 spiro atoms. The molecule has 1 saturated carbocycles. The largest absolute Gasteiger partial charge is 0.314 e. The third-order valence-electron chi connectivity index (χ3n) is 4.19. The highest BCUT2D eigenvalue weighted by Crippen LogP contribution is 2.44. The highest BCUT2D eigenvalue weighted by atomic mass is 79.9. The maximum atomic E-state index is 3.57. The number of piperazine rings is 1. The van der Waals surface area contributed by atoms with E-state index in [0.29, 0.717) is 5.54 Å². The zero-order chi connectivity index (χ0) is 11.9. The average Bonchev–Trinajstić information content (AvgIpc) is 3.08. The summed E-state index contributed by atoms with van der Waals surface area (Å²) in [6.07, 6.45) is 2.84. The Kier molecular flexibility index (Phi) is 3.32. The molecule has 0 radical (unpaired) electrons. The third kappa shape index (κ3) is 2.46. The van der Waals surface area contributed by atoms with Crippen molar-refractivity contribution in [1.82, 2.24) is 10.2 Å². The number of nitrogens with zero attached hydrogens (tertiary/aromatic N) is 1. The van der Waals surface area contributed by atoms with Gasteiger partial charge in [0.25, 0.3) is 0 Å². The van der Waals surface area contributed by atoms with Crippen LogP contribution in [0, 0.1) is 5.92 Å². The van der Waals surface area contributed by atoms with E-state index >= 15 is 0 Å². The predicted octanol–water partition coefficient (Wildman–Crippen LogP) is 3.08. The first kappa shape index (κ1) is 12.2. The summed E-state index contributed by atoms with van der Waals surface area (Å²) in [6, 6.07) is 2.26. The van der Waals surface area contributed by atoms with Gasteiger partial charge in [0.1, 0.15) is 0 Å².